The van der Waals surface area contributed by atoms with Crippen molar-refractivity contribution in [1.29, 1.82) is 0 Å². The minimum Gasteiger partial charge on any atom is -0.497 e. The van der Waals surface area contributed by atoms with E-state index in [1.165, 1.54) is 7.05 Å². The van der Waals surface area contributed by atoms with Crippen LogP contribution in [-0.4, -0.2) is 53.6 Å². The Hall–Kier alpha value is -3.52. The monoisotopic (exact) mass is 398 g/mol. The van der Waals surface area contributed by atoms with Crippen molar-refractivity contribution in [3.63, 3.8) is 0 Å². The molecule has 0 saturated carbocycles. The molecule has 29 heavy (non-hydrogen) atoms. The van der Waals surface area contributed by atoms with E-state index in [-0.39, 0.29) is 25.6 Å². The number of methoxy groups -OCH3 is 1. The van der Waals surface area contributed by atoms with E-state index in [0.717, 1.165) is 21.8 Å². The molecular formula is C21H22N2O6. The van der Waals surface area contributed by atoms with Crippen molar-refractivity contribution in [3.8, 4) is 34.1 Å². The number of nitrogens with zero attached hydrogens (tertiary/aromatic N) is 2. The Kier molecular flexibility index (Phi) is 6.36. The molecule has 8 heteroatoms. The number of aromatic nitrogens is 1. The second-order valence-corrected chi connectivity index (χ2v) is 6.25. The largest absolute Gasteiger partial charge is 0.497 e. The zero-order chi connectivity index (χ0) is 20.8. The first kappa shape index (κ1) is 20.2. The molecule has 1 amide bonds. The van der Waals surface area contributed by atoms with Gasteiger partial charge in [0.15, 0.2) is 5.76 Å². The van der Waals surface area contributed by atoms with E-state index in [1.54, 1.807) is 19.2 Å². The number of ether oxygens (including phenoxy) is 2. The zero-order valence-electron chi connectivity index (χ0n) is 16.2. The summed E-state index contributed by atoms with van der Waals surface area (Å²) in [5, 5.41) is 18.0. The molecule has 0 spiro atoms. The average molecular weight is 398 g/mol. The first-order valence-electron chi connectivity index (χ1n) is 8.94. The Morgan fingerprint density at radius 2 is 1.69 bits per heavy atom. The number of benzene rings is 2. The molecule has 1 heterocycles. The van der Waals surface area contributed by atoms with Crippen LogP contribution in [-0.2, 0) is 6.54 Å². The molecule has 3 aromatic rings. The normalized spacial score (nSPS) is 10.6. The van der Waals surface area contributed by atoms with Gasteiger partial charge in [-0.1, -0.05) is 0 Å². The van der Waals surface area contributed by atoms with Gasteiger partial charge in [0.1, 0.15) is 30.3 Å². The van der Waals surface area contributed by atoms with Crippen molar-refractivity contribution in [2.45, 2.75) is 6.54 Å². The van der Waals surface area contributed by atoms with Crippen LogP contribution < -0.4 is 9.47 Å². The van der Waals surface area contributed by atoms with Crippen molar-refractivity contribution in [3.05, 3.63) is 54.4 Å². The molecule has 0 aliphatic heterocycles. The number of amides is 1. The fraction of sp³-hybridized carbons (Fsp3) is 0.238. The van der Waals surface area contributed by atoms with Crippen LogP contribution >= 0.6 is 0 Å². The van der Waals surface area contributed by atoms with E-state index in [0.29, 0.717) is 17.2 Å². The lowest BCUT2D eigenvalue weighted by Crippen LogP contribution is -2.23. The topological polar surface area (TPSA) is 105 Å². The molecule has 0 fully saturated rings. The Labute approximate surface area is 167 Å². The van der Waals surface area contributed by atoms with Crippen LogP contribution in [0.4, 0.5) is 4.79 Å². The quantitative estimate of drug-likeness (QED) is 0.598. The SMILES string of the molecule is COc1ccc(-c2nc(CN(C)C(=O)O)oc2-c2ccc(OCCO)cc2)cc1. The highest BCUT2D eigenvalue weighted by atomic mass is 16.5. The van der Waals surface area contributed by atoms with E-state index in [1.807, 2.05) is 36.4 Å². The summed E-state index contributed by atoms with van der Waals surface area (Å²) >= 11 is 0. The van der Waals surface area contributed by atoms with E-state index < -0.39 is 6.09 Å². The maximum atomic E-state index is 11.1. The van der Waals surface area contributed by atoms with Gasteiger partial charge in [0, 0.05) is 18.2 Å². The Balaban J connectivity index is 1.98. The highest BCUT2D eigenvalue weighted by Crippen LogP contribution is 2.34. The highest BCUT2D eigenvalue weighted by molar-refractivity contribution is 5.77. The summed E-state index contributed by atoms with van der Waals surface area (Å²) in [7, 11) is 3.04. The second kappa shape index (κ2) is 9.11. The third-order valence-electron chi connectivity index (χ3n) is 4.21. The summed E-state index contributed by atoms with van der Waals surface area (Å²) in [6.07, 6.45) is -1.07. The minimum atomic E-state index is -1.07. The van der Waals surface area contributed by atoms with Crippen LogP contribution in [0.15, 0.2) is 52.9 Å². The molecule has 0 saturated heterocycles. The third kappa shape index (κ3) is 4.85. The zero-order valence-corrected chi connectivity index (χ0v) is 16.2. The smallest absolute Gasteiger partial charge is 0.407 e. The van der Waals surface area contributed by atoms with Gasteiger partial charge in [-0.2, -0.15) is 0 Å². The van der Waals surface area contributed by atoms with E-state index in [2.05, 4.69) is 4.98 Å². The maximum absolute atomic E-state index is 11.1. The van der Waals surface area contributed by atoms with Gasteiger partial charge < -0.3 is 29.0 Å². The molecule has 0 aliphatic rings. The second-order valence-electron chi connectivity index (χ2n) is 6.25. The van der Waals surface area contributed by atoms with E-state index in [9.17, 15) is 4.79 Å². The summed E-state index contributed by atoms with van der Waals surface area (Å²) in [6, 6.07) is 14.6. The lowest BCUT2D eigenvalue weighted by Gasteiger charge is -2.09. The van der Waals surface area contributed by atoms with Gasteiger partial charge in [0.25, 0.3) is 0 Å². The number of hydrogen-bond acceptors (Lipinski definition) is 6. The molecule has 8 nitrogen and oxygen atoms in total. The summed E-state index contributed by atoms with van der Waals surface area (Å²) in [6.45, 7) is 0.173. The predicted octanol–water partition coefficient (Wildman–Crippen LogP) is 3.50. The fourth-order valence-electron chi connectivity index (χ4n) is 2.71. The standard InChI is InChI=1S/C21H22N2O6/c1-23(21(25)26)13-18-22-19(14-3-7-16(27-2)8-4-14)20(29-18)15-5-9-17(10-6-15)28-12-11-24/h3-10,24H,11-13H2,1-2H3,(H,25,26). The summed E-state index contributed by atoms with van der Waals surface area (Å²) < 4.78 is 16.5. The molecule has 0 atom stereocenters. The molecule has 0 bridgehead atoms. The van der Waals surface area contributed by atoms with Gasteiger partial charge in [0.05, 0.1) is 13.7 Å². The number of rotatable bonds is 8. The van der Waals surface area contributed by atoms with Crippen molar-refractivity contribution in [2.24, 2.45) is 0 Å². The number of carboxylic acid groups (broad SMARTS) is 1. The molecule has 2 N–H and O–H groups in total. The molecule has 0 radical (unpaired) electrons. The van der Waals surface area contributed by atoms with Gasteiger partial charge in [-0.15, -0.1) is 0 Å². The van der Waals surface area contributed by atoms with Gasteiger partial charge in [-0.3, -0.25) is 0 Å². The van der Waals surface area contributed by atoms with Crippen LogP contribution in [0.5, 0.6) is 11.5 Å². The summed E-state index contributed by atoms with van der Waals surface area (Å²) in [4.78, 5) is 16.8. The van der Waals surface area contributed by atoms with E-state index >= 15 is 0 Å². The van der Waals surface area contributed by atoms with E-state index in [4.69, 9.17) is 24.1 Å². The van der Waals surface area contributed by atoms with Gasteiger partial charge in [0.2, 0.25) is 5.89 Å². The van der Waals surface area contributed by atoms with Crippen LogP contribution in [0.3, 0.4) is 0 Å². The van der Waals surface area contributed by atoms with Crippen LogP contribution in [0.1, 0.15) is 5.89 Å². The molecule has 3 rings (SSSR count). The number of carbonyl (C=O) groups is 1. The van der Waals surface area contributed by atoms with Crippen LogP contribution in [0.25, 0.3) is 22.6 Å². The molecule has 0 unspecified atom stereocenters. The van der Waals surface area contributed by atoms with Crippen LogP contribution in [0, 0.1) is 0 Å². The lowest BCUT2D eigenvalue weighted by molar-refractivity contribution is 0.150. The van der Waals surface area contributed by atoms with Crippen molar-refractivity contribution in [2.75, 3.05) is 27.4 Å². The fourth-order valence-corrected chi connectivity index (χ4v) is 2.71. The predicted molar refractivity (Wildman–Crippen MR) is 106 cm³/mol. The maximum Gasteiger partial charge on any atom is 0.407 e. The first-order valence-corrected chi connectivity index (χ1v) is 8.94. The van der Waals surface area contributed by atoms with Crippen LogP contribution in [0.2, 0.25) is 0 Å². The number of oxazole rings is 1. The van der Waals surface area contributed by atoms with Crippen molar-refractivity contribution >= 4 is 6.09 Å². The Morgan fingerprint density at radius 3 is 2.28 bits per heavy atom. The number of aliphatic hydroxyl groups excluding tert-OH is 1. The molecular weight excluding hydrogens is 376 g/mol. The highest BCUT2D eigenvalue weighted by Gasteiger charge is 2.19. The molecule has 152 valence electrons. The van der Waals surface area contributed by atoms with Gasteiger partial charge in [-0.05, 0) is 48.5 Å². The minimum absolute atomic E-state index is 0.0240. The van der Waals surface area contributed by atoms with Crippen molar-refractivity contribution in [1.82, 2.24) is 9.88 Å². The first-order chi connectivity index (χ1) is 14.0. The number of aliphatic hydroxyl groups is 1. The Bertz CT molecular complexity index is 950. The Morgan fingerprint density at radius 1 is 1.07 bits per heavy atom. The molecule has 1 aromatic heterocycles. The number of hydrogen-bond donors (Lipinski definition) is 2. The summed E-state index contributed by atoms with van der Waals surface area (Å²) in [5.74, 6) is 2.16. The van der Waals surface area contributed by atoms with Gasteiger partial charge in [-0.25, -0.2) is 9.78 Å². The lowest BCUT2D eigenvalue weighted by atomic mass is 10.1. The third-order valence-corrected chi connectivity index (χ3v) is 4.21. The van der Waals surface area contributed by atoms with Gasteiger partial charge >= 0.3 is 6.09 Å². The molecule has 0 aliphatic carbocycles. The summed E-state index contributed by atoms with van der Waals surface area (Å²) in [5.41, 5.74) is 2.18. The molecule has 2 aromatic carbocycles. The average Bonchev–Trinajstić information content (AvgIpc) is 3.16. The van der Waals surface area contributed by atoms with Crippen molar-refractivity contribution < 1.29 is 28.9 Å².